The molecule has 0 aliphatic carbocycles. The first-order chi connectivity index (χ1) is 6.45. The minimum atomic E-state index is -0.773. The maximum absolute atomic E-state index is 9.84. The van der Waals surface area contributed by atoms with Crippen molar-refractivity contribution >= 4 is 0 Å². The molecule has 1 aromatic rings. The van der Waals surface area contributed by atoms with E-state index in [1.165, 1.54) is 0 Å². The second-order valence-electron chi connectivity index (χ2n) is 4.34. The Morgan fingerprint density at radius 1 is 1.50 bits per heavy atom. The van der Waals surface area contributed by atoms with Gasteiger partial charge in [0, 0.05) is 11.9 Å². The van der Waals surface area contributed by atoms with Crippen molar-refractivity contribution in [2.45, 2.75) is 45.6 Å². The quantitative estimate of drug-likeness (QED) is 0.800. The van der Waals surface area contributed by atoms with Gasteiger partial charge in [0.2, 0.25) is 0 Å². The average molecular weight is 193 g/mol. The second-order valence-corrected chi connectivity index (χ2v) is 4.34. The molecule has 0 aliphatic heterocycles. The molecular formula is C12H19NO. The molecule has 0 fully saturated rings. The van der Waals surface area contributed by atoms with Crippen LogP contribution in [0, 0.1) is 0 Å². The van der Waals surface area contributed by atoms with Crippen molar-refractivity contribution in [2.75, 3.05) is 0 Å². The molecule has 1 aromatic heterocycles. The van der Waals surface area contributed by atoms with Crippen LogP contribution in [0.2, 0.25) is 0 Å². The number of aromatic nitrogens is 1. The van der Waals surface area contributed by atoms with Crippen LogP contribution >= 0.6 is 0 Å². The Bertz CT molecular complexity index is 301. The first-order valence-electron chi connectivity index (χ1n) is 5.14. The summed E-state index contributed by atoms with van der Waals surface area (Å²) >= 11 is 0. The monoisotopic (exact) mass is 193 g/mol. The molecule has 0 aliphatic rings. The lowest BCUT2D eigenvalue weighted by atomic mass is 9.95. The maximum Gasteiger partial charge on any atom is 0.0841 e. The third-order valence-corrected chi connectivity index (χ3v) is 2.60. The van der Waals surface area contributed by atoms with E-state index in [0.717, 1.165) is 17.7 Å². The van der Waals surface area contributed by atoms with E-state index in [1.807, 2.05) is 12.1 Å². The fourth-order valence-corrected chi connectivity index (χ4v) is 1.31. The van der Waals surface area contributed by atoms with Crippen LogP contribution in [0.3, 0.4) is 0 Å². The van der Waals surface area contributed by atoms with Crippen LogP contribution in [0.15, 0.2) is 18.3 Å². The highest BCUT2D eigenvalue weighted by Crippen LogP contribution is 2.23. The molecule has 1 heterocycles. The molecule has 14 heavy (non-hydrogen) atoms. The summed E-state index contributed by atoms with van der Waals surface area (Å²) in [6.45, 7) is 7.88. The van der Waals surface area contributed by atoms with Gasteiger partial charge in [-0.05, 0) is 43.9 Å². The van der Waals surface area contributed by atoms with E-state index >= 15 is 0 Å². The predicted octanol–water partition coefficient (Wildman–Crippen LogP) is 2.82. The lowest BCUT2D eigenvalue weighted by molar-refractivity contribution is 0.0784. The molecule has 1 rings (SSSR count). The van der Waals surface area contributed by atoms with Crippen LogP contribution in [0.4, 0.5) is 0 Å². The van der Waals surface area contributed by atoms with Crippen molar-refractivity contribution in [2.24, 2.45) is 0 Å². The van der Waals surface area contributed by atoms with E-state index in [1.54, 1.807) is 20.0 Å². The van der Waals surface area contributed by atoms with Gasteiger partial charge in [-0.15, -0.1) is 0 Å². The topological polar surface area (TPSA) is 33.1 Å². The molecule has 0 aromatic carbocycles. The second kappa shape index (κ2) is 4.09. The van der Waals surface area contributed by atoms with E-state index in [-0.39, 0.29) is 0 Å². The lowest BCUT2D eigenvalue weighted by Gasteiger charge is -2.19. The molecule has 0 bridgehead atoms. The van der Waals surface area contributed by atoms with Crippen molar-refractivity contribution < 1.29 is 5.11 Å². The highest BCUT2D eigenvalue weighted by atomic mass is 16.3. The van der Waals surface area contributed by atoms with Crippen LogP contribution in [0.25, 0.3) is 0 Å². The molecule has 2 nitrogen and oxygen atoms in total. The molecule has 0 saturated carbocycles. The number of aliphatic hydroxyl groups is 1. The molecule has 0 saturated heterocycles. The summed E-state index contributed by atoms with van der Waals surface area (Å²) in [5.41, 5.74) is 1.22. The van der Waals surface area contributed by atoms with Crippen molar-refractivity contribution in [3.05, 3.63) is 29.6 Å². The Labute approximate surface area is 86.0 Å². The minimum Gasteiger partial charge on any atom is -0.386 e. The molecule has 0 spiro atoms. The van der Waals surface area contributed by atoms with Gasteiger partial charge in [-0.2, -0.15) is 0 Å². The molecule has 78 valence electrons. The molecule has 2 heteroatoms. The summed E-state index contributed by atoms with van der Waals surface area (Å²) in [5.74, 6) is 0.456. The Morgan fingerprint density at radius 2 is 2.14 bits per heavy atom. The third-order valence-electron chi connectivity index (χ3n) is 2.60. The van der Waals surface area contributed by atoms with Crippen molar-refractivity contribution in [3.8, 4) is 0 Å². The number of rotatable bonds is 3. The van der Waals surface area contributed by atoms with Gasteiger partial charge in [0.1, 0.15) is 0 Å². The van der Waals surface area contributed by atoms with Crippen molar-refractivity contribution in [1.82, 2.24) is 4.98 Å². The van der Waals surface area contributed by atoms with Crippen LogP contribution in [0.1, 0.15) is 51.3 Å². The number of hydrogen-bond donors (Lipinski definition) is 1. The lowest BCUT2D eigenvalue weighted by Crippen LogP contribution is -2.16. The Hall–Kier alpha value is -0.890. The first-order valence-corrected chi connectivity index (χ1v) is 5.14. The first kappa shape index (κ1) is 11.2. The van der Waals surface area contributed by atoms with E-state index in [4.69, 9.17) is 0 Å². The van der Waals surface area contributed by atoms with Crippen LogP contribution in [-0.2, 0) is 5.60 Å². The summed E-state index contributed by atoms with van der Waals surface area (Å²) in [5, 5.41) is 9.84. The standard InChI is InChI=1S/C12H19NO/c1-5-9(2)11-8-10(6-7-13-11)12(3,4)14/h6-9,14H,5H2,1-4H3. The van der Waals surface area contributed by atoms with Gasteiger partial charge in [-0.3, -0.25) is 4.98 Å². The van der Waals surface area contributed by atoms with Crippen LogP contribution in [-0.4, -0.2) is 10.1 Å². The molecule has 1 N–H and O–H groups in total. The fourth-order valence-electron chi connectivity index (χ4n) is 1.31. The highest BCUT2D eigenvalue weighted by molar-refractivity contribution is 5.23. The molecule has 1 atom stereocenters. The zero-order chi connectivity index (χ0) is 10.8. The van der Waals surface area contributed by atoms with E-state index in [0.29, 0.717) is 5.92 Å². The smallest absolute Gasteiger partial charge is 0.0841 e. The summed E-state index contributed by atoms with van der Waals surface area (Å²) in [6, 6.07) is 3.86. The Balaban J connectivity index is 3.01. The van der Waals surface area contributed by atoms with Crippen LogP contribution < -0.4 is 0 Å². The van der Waals surface area contributed by atoms with Crippen molar-refractivity contribution in [3.63, 3.8) is 0 Å². The number of pyridine rings is 1. The number of hydrogen-bond acceptors (Lipinski definition) is 2. The molecule has 0 radical (unpaired) electrons. The predicted molar refractivity (Wildman–Crippen MR) is 58.2 cm³/mol. The van der Waals surface area contributed by atoms with E-state index in [2.05, 4.69) is 18.8 Å². The van der Waals surface area contributed by atoms with E-state index < -0.39 is 5.60 Å². The van der Waals surface area contributed by atoms with Gasteiger partial charge in [-0.1, -0.05) is 13.8 Å². The molecule has 1 unspecified atom stereocenters. The fraction of sp³-hybridized carbons (Fsp3) is 0.583. The van der Waals surface area contributed by atoms with Crippen molar-refractivity contribution in [1.29, 1.82) is 0 Å². The van der Waals surface area contributed by atoms with Gasteiger partial charge >= 0.3 is 0 Å². The summed E-state index contributed by atoms with van der Waals surface area (Å²) in [6.07, 6.45) is 2.84. The zero-order valence-electron chi connectivity index (χ0n) is 9.41. The van der Waals surface area contributed by atoms with Gasteiger partial charge in [0.05, 0.1) is 5.60 Å². The van der Waals surface area contributed by atoms with E-state index in [9.17, 15) is 5.11 Å². The van der Waals surface area contributed by atoms with Gasteiger partial charge < -0.3 is 5.11 Å². The SMILES string of the molecule is CCC(C)c1cc(C(C)(C)O)ccn1. The highest BCUT2D eigenvalue weighted by Gasteiger charge is 2.17. The molecular weight excluding hydrogens is 174 g/mol. The number of nitrogens with zero attached hydrogens (tertiary/aromatic N) is 1. The zero-order valence-corrected chi connectivity index (χ0v) is 9.41. The summed E-state index contributed by atoms with van der Waals surface area (Å²) in [4.78, 5) is 4.31. The van der Waals surface area contributed by atoms with Gasteiger partial charge in [0.25, 0.3) is 0 Å². The Morgan fingerprint density at radius 3 is 2.64 bits per heavy atom. The van der Waals surface area contributed by atoms with Gasteiger partial charge in [-0.25, -0.2) is 0 Å². The third kappa shape index (κ3) is 2.55. The Kier molecular flexibility index (Phi) is 3.27. The summed E-state index contributed by atoms with van der Waals surface area (Å²) in [7, 11) is 0. The largest absolute Gasteiger partial charge is 0.386 e. The molecule has 0 amide bonds. The minimum absolute atomic E-state index is 0.456. The average Bonchev–Trinajstić information content (AvgIpc) is 2.15. The maximum atomic E-state index is 9.84. The van der Waals surface area contributed by atoms with Gasteiger partial charge in [0.15, 0.2) is 0 Å². The summed E-state index contributed by atoms with van der Waals surface area (Å²) < 4.78 is 0. The normalized spacial score (nSPS) is 14.1. The van der Waals surface area contributed by atoms with Crippen LogP contribution in [0.5, 0.6) is 0 Å².